The van der Waals surface area contributed by atoms with Crippen molar-refractivity contribution < 1.29 is 0 Å². The molecule has 0 atom stereocenters. The molecule has 0 bridgehead atoms. The van der Waals surface area contributed by atoms with Gasteiger partial charge in [-0.25, -0.2) is 0 Å². The van der Waals surface area contributed by atoms with Gasteiger partial charge in [-0.05, 0) is 115 Å². The predicted molar refractivity (Wildman–Crippen MR) is 240 cm³/mol. The number of benzene rings is 9. The number of rotatable bonds is 3. The third-order valence-corrected chi connectivity index (χ3v) is 19.9. The molecule has 0 aliphatic carbocycles. The second-order valence-corrected chi connectivity index (χ2v) is 25.2. The summed E-state index contributed by atoms with van der Waals surface area (Å²) < 4.78 is 0. The van der Waals surface area contributed by atoms with Crippen LogP contribution in [0.4, 0.5) is 0 Å². The van der Waals surface area contributed by atoms with Crippen molar-refractivity contribution in [3.63, 3.8) is 0 Å². The van der Waals surface area contributed by atoms with Crippen LogP contribution in [0.25, 0.3) is 88.0 Å². The van der Waals surface area contributed by atoms with E-state index in [1.807, 2.05) is 0 Å². The first-order valence-electron chi connectivity index (χ1n) is 19.3. The van der Waals surface area contributed by atoms with Crippen LogP contribution in [-0.2, 0) is 0 Å². The molecule has 54 heavy (non-hydrogen) atoms. The lowest BCUT2D eigenvalue weighted by molar-refractivity contribution is 1.58. The summed E-state index contributed by atoms with van der Waals surface area (Å²) in [5.74, 6) is 0. The molecule has 2 aliphatic rings. The predicted octanol–water partition coefficient (Wildman–Crippen LogP) is 11.8. The van der Waals surface area contributed by atoms with E-state index in [0.717, 1.165) is 0 Å². The largest absolute Gasteiger partial charge is 0.113 e. The molecule has 2 aliphatic heterocycles. The summed E-state index contributed by atoms with van der Waals surface area (Å²) in [4.78, 5) is 0. The maximum absolute atomic E-state index is 2.57. The van der Waals surface area contributed by atoms with E-state index < -0.39 is 16.1 Å². The maximum Gasteiger partial charge on any atom is 0.113 e. The third-order valence-electron chi connectivity index (χ3n) is 12.9. The highest BCUT2D eigenvalue weighted by Gasteiger charge is 2.41. The van der Waals surface area contributed by atoms with Crippen molar-refractivity contribution in [1.82, 2.24) is 0 Å². The number of fused-ring (bicyclic) bond motifs is 6. The summed E-state index contributed by atoms with van der Waals surface area (Å²) in [7, 11) is -4.09. The molecule has 2 heteroatoms. The maximum atomic E-state index is 2.57. The molecule has 0 aromatic heterocycles. The fourth-order valence-electron chi connectivity index (χ4n) is 9.92. The van der Waals surface area contributed by atoms with Crippen molar-refractivity contribution in [2.45, 2.75) is 26.2 Å². The molecule has 0 spiro atoms. The lowest BCUT2D eigenvalue weighted by Crippen LogP contribution is -2.59. The van der Waals surface area contributed by atoms with E-state index in [9.17, 15) is 0 Å². The van der Waals surface area contributed by atoms with Gasteiger partial charge in [0.15, 0.2) is 0 Å². The first-order chi connectivity index (χ1) is 26.3. The van der Waals surface area contributed by atoms with E-state index in [0.29, 0.717) is 0 Å². The van der Waals surface area contributed by atoms with Crippen LogP contribution in [0, 0.1) is 0 Å². The van der Waals surface area contributed by atoms with E-state index >= 15 is 0 Å². The molecule has 0 saturated heterocycles. The van der Waals surface area contributed by atoms with Crippen LogP contribution in [0.15, 0.2) is 170 Å². The number of hydrogen-bond acceptors (Lipinski definition) is 0. The standard InChI is InChI=1S/C52H40Si2/c1-53(2)47-28-29-48-52-46(44-25-23-40(32-50(44)54(48,3)4)38-21-18-33-10-5-6-12-37(33)30-38)27-26-45(51(47)52)43-24-22-39(31-49(43)53)34-16-19-36(20-17-34)42-15-9-13-35-11-7-8-14-41(35)42/h5-32H,1-4H3. The van der Waals surface area contributed by atoms with Crippen molar-refractivity contribution in [1.29, 1.82) is 0 Å². The van der Waals surface area contributed by atoms with Gasteiger partial charge in [-0.1, -0.05) is 190 Å². The Hall–Kier alpha value is -5.81. The molecule has 256 valence electrons. The Bertz CT molecular complexity index is 3030. The van der Waals surface area contributed by atoms with Crippen molar-refractivity contribution in [3.8, 4) is 55.6 Å². The zero-order chi connectivity index (χ0) is 36.3. The van der Waals surface area contributed by atoms with Crippen LogP contribution < -0.4 is 20.7 Å². The molecular weight excluding hydrogens is 681 g/mol. The van der Waals surface area contributed by atoms with Gasteiger partial charge in [-0.3, -0.25) is 0 Å². The Balaban J connectivity index is 1.02. The third kappa shape index (κ3) is 4.48. The average molecular weight is 721 g/mol. The van der Waals surface area contributed by atoms with Crippen LogP contribution in [-0.4, -0.2) is 16.1 Å². The zero-order valence-corrected chi connectivity index (χ0v) is 33.2. The van der Waals surface area contributed by atoms with Gasteiger partial charge >= 0.3 is 0 Å². The second-order valence-electron chi connectivity index (χ2n) is 16.5. The summed E-state index contributed by atoms with van der Waals surface area (Å²) in [6.07, 6.45) is 0. The molecule has 0 amide bonds. The van der Waals surface area contributed by atoms with Gasteiger partial charge in [0.2, 0.25) is 0 Å². The van der Waals surface area contributed by atoms with E-state index in [4.69, 9.17) is 0 Å². The van der Waals surface area contributed by atoms with E-state index in [1.165, 1.54) is 88.0 Å². The molecule has 0 fully saturated rings. The lowest BCUT2D eigenvalue weighted by atomic mass is 9.89. The van der Waals surface area contributed by atoms with Gasteiger partial charge in [0.1, 0.15) is 16.1 Å². The molecule has 9 aromatic rings. The quantitative estimate of drug-likeness (QED) is 0.159. The summed E-state index contributed by atoms with van der Waals surface area (Å²) >= 11 is 0. The number of hydrogen-bond donors (Lipinski definition) is 0. The Morgan fingerprint density at radius 3 is 1.39 bits per heavy atom. The van der Waals surface area contributed by atoms with Gasteiger partial charge in [0.05, 0.1) is 0 Å². The summed E-state index contributed by atoms with van der Waals surface area (Å²) in [5, 5.41) is 14.5. The molecule has 11 rings (SSSR count). The highest BCUT2D eigenvalue weighted by molar-refractivity contribution is 7.05. The second kappa shape index (κ2) is 11.4. The van der Waals surface area contributed by atoms with Gasteiger partial charge in [0, 0.05) is 0 Å². The smallest absolute Gasteiger partial charge is 0.0620 e. The lowest BCUT2D eigenvalue weighted by Gasteiger charge is -2.39. The van der Waals surface area contributed by atoms with Gasteiger partial charge < -0.3 is 0 Å². The summed E-state index contributed by atoms with van der Waals surface area (Å²) in [5.41, 5.74) is 13.4. The first-order valence-corrected chi connectivity index (χ1v) is 25.3. The van der Waals surface area contributed by atoms with Crippen molar-refractivity contribution in [3.05, 3.63) is 170 Å². The summed E-state index contributed by atoms with van der Waals surface area (Å²) in [6.45, 7) is 10.3. The Kier molecular flexibility index (Phi) is 6.66. The fraction of sp³-hybridized carbons (Fsp3) is 0.0769. The van der Waals surface area contributed by atoms with Gasteiger partial charge in [-0.15, -0.1) is 0 Å². The van der Waals surface area contributed by atoms with Crippen LogP contribution in [0.5, 0.6) is 0 Å². The molecule has 0 unspecified atom stereocenters. The highest BCUT2D eigenvalue weighted by Crippen LogP contribution is 2.42. The molecule has 0 radical (unpaired) electrons. The van der Waals surface area contributed by atoms with Crippen LogP contribution >= 0.6 is 0 Å². The zero-order valence-electron chi connectivity index (χ0n) is 31.2. The van der Waals surface area contributed by atoms with E-state index in [1.54, 1.807) is 20.7 Å². The van der Waals surface area contributed by atoms with Crippen molar-refractivity contribution in [2.24, 2.45) is 0 Å². The van der Waals surface area contributed by atoms with Crippen molar-refractivity contribution in [2.75, 3.05) is 0 Å². The molecule has 0 N–H and O–H groups in total. The molecule has 0 saturated carbocycles. The minimum atomic E-state index is -2.05. The molecule has 2 heterocycles. The topological polar surface area (TPSA) is 0 Å². The van der Waals surface area contributed by atoms with Gasteiger partial charge in [0.25, 0.3) is 0 Å². The van der Waals surface area contributed by atoms with Crippen LogP contribution in [0.2, 0.25) is 26.2 Å². The average Bonchev–Trinajstić information content (AvgIpc) is 3.21. The fourth-order valence-corrected chi connectivity index (χ4v) is 16.1. The molecule has 0 nitrogen and oxygen atoms in total. The van der Waals surface area contributed by atoms with E-state index in [-0.39, 0.29) is 0 Å². The van der Waals surface area contributed by atoms with Crippen LogP contribution in [0.1, 0.15) is 0 Å². The van der Waals surface area contributed by atoms with Crippen LogP contribution in [0.3, 0.4) is 0 Å². The SMILES string of the molecule is C[Si]1(C)c2cc(-c3ccc(-c4cccc5ccccc45)cc3)ccc2-c2ccc3c4c(ccc1c24)[Si](C)(C)c1cc(-c2ccc4ccccc4c2)ccc1-3. The Morgan fingerprint density at radius 2 is 0.741 bits per heavy atom. The molecule has 9 aromatic carbocycles. The highest BCUT2D eigenvalue weighted by atomic mass is 28.3. The van der Waals surface area contributed by atoms with E-state index in [2.05, 4.69) is 196 Å². The van der Waals surface area contributed by atoms with Gasteiger partial charge in [-0.2, -0.15) is 0 Å². The first kappa shape index (κ1) is 31.7. The minimum absolute atomic E-state index is 1.26. The minimum Gasteiger partial charge on any atom is -0.0620 e. The van der Waals surface area contributed by atoms with Crippen molar-refractivity contribution >= 4 is 69.2 Å². The Morgan fingerprint density at radius 1 is 0.278 bits per heavy atom. The summed E-state index contributed by atoms with van der Waals surface area (Å²) in [6, 6.07) is 64.7. The molecular formula is C52H40Si2. The Labute approximate surface area is 319 Å². The normalized spacial score (nSPS) is 14.6. The monoisotopic (exact) mass is 720 g/mol.